The van der Waals surface area contributed by atoms with Crippen LogP contribution in [0, 0.1) is 6.92 Å². The topological polar surface area (TPSA) is 33.1 Å². The molecule has 1 aliphatic rings. The van der Waals surface area contributed by atoms with E-state index in [1.807, 2.05) is 18.7 Å². The molecule has 4 nitrogen and oxygen atoms in total. The lowest BCUT2D eigenvalue weighted by Gasteiger charge is -2.27. The molecule has 2 heterocycles. The summed E-state index contributed by atoms with van der Waals surface area (Å²) in [5, 5.41) is 7.76. The molecule has 0 bridgehead atoms. The van der Waals surface area contributed by atoms with Crippen LogP contribution in [0.4, 0.5) is 0 Å². The lowest BCUT2D eigenvalue weighted by molar-refractivity contribution is 0.227. The second-order valence-electron chi connectivity index (χ2n) is 4.00. The van der Waals surface area contributed by atoms with Gasteiger partial charge in [-0.2, -0.15) is 5.10 Å². The molecule has 0 unspecified atom stereocenters. The van der Waals surface area contributed by atoms with E-state index in [1.54, 1.807) is 0 Å². The SMILES string of the molecule is Cc1nn(C)c(CN2CCNCC2)c1Br.Cl. The van der Waals surface area contributed by atoms with Crippen LogP contribution in [0.15, 0.2) is 4.47 Å². The summed E-state index contributed by atoms with van der Waals surface area (Å²) in [7, 11) is 2.01. The zero-order valence-electron chi connectivity index (χ0n) is 9.66. The number of aromatic nitrogens is 2. The molecule has 0 atom stereocenters. The Hall–Kier alpha value is -0.100. The van der Waals surface area contributed by atoms with E-state index in [-0.39, 0.29) is 12.4 Å². The van der Waals surface area contributed by atoms with E-state index < -0.39 is 0 Å². The van der Waals surface area contributed by atoms with Gasteiger partial charge >= 0.3 is 0 Å². The second-order valence-corrected chi connectivity index (χ2v) is 4.79. The average molecular weight is 310 g/mol. The Morgan fingerprint density at radius 2 is 2.00 bits per heavy atom. The molecule has 0 saturated carbocycles. The Labute approximate surface area is 111 Å². The lowest BCUT2D eigenvalue weighted by atomic mass is 10.3. The van der Waals surface area contributed by atoms with Gasteiger partial charge in [0.25, 0.3) is 0 Å². The van der Waals surface area contributed by atoms with Crippen LogP contribution >= 0.6 is 28.3 Å². The van der Waals surface area contributed by atoms with E-state index in [4.69, 9.17) is 0 Å². The van der Waals surface area contributed by atoms with Gasteiger partial charge in [-0.25, -0.2) is 0 Å². The van der Waals surface area contributed by atoms with Gasteiger partial charge in [-0.05, 0) is 22.9 Å². The molecule has 6 heteroatoms. The molecule has 2 rings (SSSR count). The van der Waals surface area contributed by atoms with Crippen molar-refractivity contribution in [2.75, 3.05) is 26.2 Å². The van der Waals surface area contributed by atoms with Gasteiger partial charge in [-0.15, -0.1) is 12.4 Å². The van der Waals surface area contributed by atoms with E-state index in [1.165, 1.54) is 5.69 Å². The summed E-state index contributed by atoms with van der Waals surface area (Å²) in [5.74, 6) is 0. The molecule has 1 aromatic heterocycles. The maximum atomic E-state index is 4.40. The highest BCUT2D eigenvalue weighted by Crippen LogP contribution is 2.21. The van der Waals surface area contributed by atoms with Gasteiger partial charge in [0.1, 0.15) is 0 Å². The summed E-state index contributed by atoms with van der Waals surface area (Å²) in [5.41, 5.74) is 2.34. The van der Waals surface area contributed by atoms with Crippen molar-refractivity contribution >= 4 is 28.3 Å². The highest BCUT2D eigenvalue weighted by atomic mass is 79.9. The van der Waals surface area contributed by atoms with Crippen LogP contribution in [0.25, 0.3) is 0 Å². The van der Waals surface area contributed by atoms with E-state index in [2.05, 4.69) is 31.2 Å². The van der Waals surface area contributed by atoms with E-state index in [0.29, 0.717) is 0 Å². The van der Waals surface area contributed by atoms with Gasteiger partial charge in [0.05, 0.1) is 15.9 Å². The van der Waals surface area contributed by atoms with Crippen LogP contribution in [0.1, 0.15) is 11.4 Å². The average Bonchev–Trinajstić information content (AvgIpc) is 2.47. The van der Waals surface area contributed by atoms with Gasteiger partial charge in [0.2, 0.25) is 0 Å². The van der Waals surface area contributed by atoms with Gasteiger partial charge in [-0.3, -0.25) is 9.58 Å². The number of piperazine rings is 1. The Bertz CT molecular complexity index is 347. The van der Waals surface area contributed by atoms with Crippen LogP contribution in [0.5, 0.6) is 0 Å². The molecule has 92 valence electrons. The van der Waals surface area contributed by atoms with Gasteiger partial charge in [-0.1, -0.05) is 0 Å². The highest BCUT2D eigenvalue weighted by Gasteiger charge is 2.16. The third-order valence-electron chi connectivity index (χ3n) is 2.84. The van der Waals surface area contributed by atoms with Crippen molar-refractivity contribution in [3.8, 4) is 0 Å². The largest absolute Gasteiger partial charge is 0.314 e. The van der Waals surface area contributed by atoms with E-state index in [9.17, 15) is 0 Å². The molecule has 1 fully saturated rings. The monoisotopic (exact) mass is 308 g/mol. The summed E-state index contributed by atoms with van der Waals surface area (Å²) < 4.78 is 3.13. The summed E-state index contributed by atoms with van der Waals surface area (Å²) in [6.07, 6.45) is 0. The van der Waals surface area contributed by atoms with Gasteiger partial charge < -0.3 is 5.32 Å². The number of nitrogens with one attached hydrogen (secondary N) is 1. The summed E-state index contributed by atoms with van der Waals surface area (Å²) in [6.45, 7) is 7.45. The smallest absolute Gasteiger partial charge is 0.0739 e. The molecule has 0 amide bonds. The quantitative estimate of drug-likeness (QED) is 0.894. The molecule has 1 aliphatic heterocycles. The minimum absolute atomic E-state index is 0. The number of nitrogens with zero attached hydrogens (tertiary/aromatic N) is 3. The maximum Gasteiger partial charge on any atom is 0.0739 e. The normalized spacial score (nSPS) is 17.2. The molecule has 1 aromatic rings. The number of aryl methyl sites for hydroxylation is 2. The Kier molecular flexibility index (Phi) is 5.24. The standard InChI is InChI=1S/C10H17BrN4.ClH/c1-8-10(11)9(14(2)13-8)7-15-5-3-12-4-6-15;/h12H,3-7H2,1-2H3;1H. The van der Waals surface area contributed by atoms with Gasteiger partial charge in [0, 0.05) is 39.8 Å². The Balaban J connectivity index is 0.00000128. The van der Waals surface area contributed by atoms with Crippen LogP contribution in [0.2, 0.25) is 0 Å². The highest BCUT2D eigenvalue weighted by molar-refractivity contribution is 9.10. The molecule has 16 heavy (non-hydrogen) atoms. The van der Waals surface area contributed by atoms with Crippen LogP contribution in [-0.4, -0.2) is 40.9 Å². The van der Waals surface area contributed by atoms with Crippen molar-refractivity contribution in [2.24, 2.45) is 7.05 Å². The van der Waals surface area contributed by atoms with Crippen molar-refractivity contribution in [1.82, 2.24) is 20.0 Å². The van der Waals surface area contributed by atoms with Crippen LogP contribution in [0.3, 0.4) is 0 Å². The van der Waals surface area contributed by atoms with Crippen LogP contribution < -0.4 is 5.32 Å². The van der Waals surface area contributed by atoms with Crippen molar-refractivity contribution in [3.05, 3.63) is 15.9 Å². The fourth-order valence-electron chi connectivity index (χ4n) is 1.93. The van der Waals surface area contributed by atoms with E-state index >= 15 is 0 Å². The first-order chi connectivity index (χ1) is 7.18. The van der Waals surface area contributed by atoms with Crippen LogP contribution in [-0.2, 0) is 13.6 Å². The molecule has 1 N–H and O–H groups in total. The van der Waals surface area contributed by atoms with Crippen molar-refractivity contribution in [1.29, 1.82) is 0 Å². The van der Waals surface area contributed by atoms with E-state index in [0.717, 1.165) is 42.9 Å². The predicted octanol–water partition coefficient (Wildman–Crippen LogP) is 1.32. The van der Waals surface area contributed by atoms with Crippen molar-refractivity contribution < 1.29 is 0 Å². The number of rotatable bonds is 2. The molecular weight excluding hydrogens is 291 g/mol. The molecule has 0 spiro atoms. The summed E-state index contributed by atoms with van der Waals surface area (Å²) >= 11 is 3.60. The molecule has 0 aromatic carbocycles. The van der Waals surface area contributed by atoms with Crippen molar-refractivity contribution in [2.45, 2.75) is 13.5 Å². The summed E-state index contributed by atoms with van der Waals surface area (Å²) in [6, 6.07) is 0. The van der Waals surface area contributed by atoms with Gasteiger partial charge in [0.15, 0.2) is 0 Å². The third-order valence-corrected chi connectivity index (χ3v) is 3.88. The minimum Gasteiger partial charge on any atom is -0.314 e. The van der Waals surface area contributed by atoms with Crippen molar-refractivity contribution in [3.63, 3.8) is 0 Å². The Morgan fingerprint density at radius 3 is 2.50 bits per heavy atom. The molecular formula is C10H18BrClN4. The fraction of sp³-hybridized carbons (Fsp3) is 0.700. The minimum atomic E-state index is 0. The second kappa shape index (κ2) is 6.00. The third kappa shape index (κ3) is 2.97. The molecule has 0 radical (unpaired) electrons. The Morgan fingerprint density at radius 1 is 1.38 bits per heavy atom. The number of hydrogen-bond acceptors (Lipinski definition) is 3. The first kappa shape index (κ1) is 14.0. The molecule has 0 aliphatic carbocycles. The zero-order chi connectivity index (χ0) is 10.8. The first-order valence-electron chi connectivity index (χ1n) is 5.29. The maximum absolute atomic E-state index is 4.40. The predicted molar refractivity (Wildman–Crippen MR) is 71.0 cm³/mol. The molecule has 1 saturated heterocycles. The summed E-state index contributed by atoms with van der Waals surface area (Å²) in [4.78, 5) is 2.46. The lowest BCUT2D eigenvalue weighted by Crippen LogP contribution is -2.43. The zero-order valence-corrected chi connectivity index (χ0v) is 12.1. The fourth-order valence-corrected chi connectivity index (χ4v) is 2.39. The first-order valence-corrected chi connectivity index (χ1v) is 6.09. The number of halogens is 2. The number of hydrogen-bond donors (Lipinski definition) is 1.